The highest BCUT2D eigenvalue weighted by atomic mass is 16.5. The Morgan fingerprint density at radius 1 is 1.04 bits per heavy atom. The number of ketones is 1. The molecule has 0 radical (unpaired) electrons. The van der Waals surface area contributed by atoms with Crippen LogP contribution in [0.25, 0.3) is 0 Å². The van der Waals surface area contributed by atoms with Crippen molar-refractivity contribution in [3.05, 3.63) is 64.7 Å². The normalized spacial score (nSPS) is 13.7. The number of ether oxygens (including phenoxy) is 1. The van der Waals surface area contributed by atoms with Crippen molar-refractivity contribution in [2.75, 3.05) is 0 Å². The molecule has 1 aliphatic carbocycles. The average Bonchev–Trinajstić information content (AvgIpc) is 3.13. The van der Waals surface area contributed by atoms with Crippen molar-refractivity contribution in [3.8, 4) is 5.75 Å². The van der Waals surface area contributed by atoms with E-state index in [4.69, 9.17) is 4.74 Å². The summed E-state index contributed by atoms with van der Waals surface area (Å²) in [5.41, 5.74) is 5.07. The summed E-state index contributed by atoms with van der Waals surface area (Å²) in [5.74, 6) is 0.710. The minimum absolute atomic E-state index is 0.129. The van der Waals surface area contributed by atoms with Gasteiger partial charge in [-0.3, -0.25) is 4.79 Å². The third-order valence-electron chi connectivity index (χ3n) is 5.00. The molecule has 0 saturated heterocycles. The first-order valence-corrected chi connectivity index (χ1v) is 9.64. The molecule has 142 valence electrons. The monoisotopic (exact) mass is 365 g/mol. The Balaban J connectivity index is 1.48. The third-order valence-corrected chi connectivity index (χ3v) is 5.00. The number of benzene rings is 2. The number of carbonyl (C=O) groups excluding carboxylic acids is 2. The van der Waals surface area contributed by atoms with E-state index in [2.05, 4.69) is 23.5 Å². The maximum Gasteiger partial charge on any atom is 0.261 e. The predicted molar refractivity (Wildman–Crippen MR) is 106 cm³/mol. The molecule has 0 bridgehead atoms. The lowest BCUT2D eigenvalue weighted by Crippen LogP contribution is -2.35. The van der Waals surface area contributed by atoms with Gasteiger partial charge < -0.3 is 14.8 Å². The summed E-state index contributed by atoms with van der Waals surface area (Å²) in [6.45, 7) is 3.87. The largest absolute Gasteiger partial charge is 0.481 e. The molecule has 0 heterocycles. The number of hydrogen-bond acceptors (Lipinski definition) is 3. The molecule has 1 N–H and O–H groups in total. The Kier molecular flexibility index (Phi) is 6.28. The number of nitrogens with one attached hydrogen (secondary N) is 1. The van der Waals surface area contributed by atoms with Crippen molar-refractivity contribution in [1.29, 1.82) is 0 Å². The molecule has 1 atom stereocenters. The molecule has 4 nitrogen and oxygen atoms in total. The summed E-state index contributed by atoms with van der Waals surface area (Å²) in [6, 6.07) is 14.0. The van der Waals surface area contributed by atoms with Crippen LogP contribution >= 0.6 is 0 Å². The molecule has 2 aromatic rings. The molecule has 27 heavy (non-hydrogen) atoms. The number of fused-ring (bicyclic) bond motifs is 1. The van der Waals surface area contributed by atoms with Crippen molar-refractivity contribution in [3.63, 3.8) is 0 Å². The molecule has 0 spiro atoms. The Morgan fingerprint density at radius 3 is 2.48 bits per heavy atom. The van der Waals surface area contributed by atoms with E-state index in [1.54, 1.807) is 13.8 Å². The zero-order valence-electron chi connectivity index (χ0n) is 16.1. The van der Waals surface area contributed by atoms with Crippen molar-refractivity contribution in [2.45, 2.75) is 58.6 Å². The van der Waals surface area contributed by atoms with Crippen molar-refractivity contribution in [2.24, 2.45) is 0 Å². The lowest BCUT2D eigenvalue weighted by atomic mass is 10.1. The lowest BCUT2D eigenvalue weighted by Gasteiger charge is -2.15. The van der Waals surface area contributed by atoms with Crippen LogP contribution in [-0.4, -0.2) is 17.8 Å². The molecule has 0 saturated carbocycles. The fourth-order valence-corrected chi connectivity index (χ4v) is 3.38. The Hall–Kier alpha value is -2.62. The SMILES string of the molecule is CC(=O)CCc1ccc(OC(C)C(=O)NCc2ccc3c(c2)CCC3)cc1. The molecule has 1 aliphatic rings. The minimum atomic E-state index is -0.567. The Bertz CT molecular complexity index is 811. The van der Waals surface area contributed by atoms with Crippen molar-refractivity contribution >= 4 is 11.7 Å². The summed E-state index contributed by atoms with van der Waals surface area (Å²) in [4.78, 5) is 23.4. The number of Topliss-reactive ketones (excluding diaryl/α,β-unsaturated/α-hetero) is 1. The fraction of sp³-hybridized carbons (Fsp3) is 0.391. The van der Waals surface area contributed by atoms with Gasteiger partial charge in [0.1, 0.15) is 11.5 Å². The van der Waals surface area contributed by atoms with Gasteiger partial charge in [0.15, 0.2) is 6.10 Å². The van der Waals surface area contributed by atoms with E-state index in [1.165, 1.54) is 24.0 Å². The Morgan fingerprint density at radius 2 is 1.74 bits per heavy atom. The smallest absolute Gasteiger partial charge is 0.261 e. The van der Waals surface area contributed by atoms with Crippen molar-refractivity contribution < 1.29 is 14.3 Å². The average molecular weight is 365 g/mol. The molecular formula is C23H27NO3. The van der Waals surface area contributed by atoms with E-state index in [9.17, 15) is 9.59 Å². The van der Waals surface area contributed by atoms with Crippen LogP contribution in [0.15, 0.2) is 42.5 Å². The summed E-state index contributed by atoms with van der Waals surface area (Å²) in [7, 11) is 0. The fourth-order valence-electron chi connectivity index (χ4n) is 3.38. The first-order valence-electron chi connectivity index (χ1n) is 9.64. The molecule has 3 rings (SSSR count). The topological polar surface area (TPSA) is 55.4 Å². The van der Waals surface area contributed by atoms with Crippen LogP contribution in [0.5, 0.6) is 5.75 Å². The summed E-state index contributed by atoms with van der Waals surface area (Å²) < 4.78 is 5.74. The van der Waals surface area contributed by atoms with Crippen LogP contribution in [0.3, 0.4) is 0 Å². The number of hydrogen-bond donors (Lipinski definition) is 1. The summed E-state index contributed by atoms with van der Waals surface area (Å²) in [6.07, 6.45) is 4.24. The van der Waals surface area contributed by atoms with Crippen LogP contribution in [0.1, 0.15) is 48.9 Å². The molecular weight excluding hydrogens is 338 g/mol. The van der Waals surface area contributed by atoms with Gasteiger partial charge >= 0.3 is 0 Å². The van der Waals surface area contributed by atoms with Gasteiger partial charge in [-0.2, -0.15) is 0 Å². The predicted octanol–water partition coefficient (Wildman–Crippen LogP) is 3.78. The summed E-state index contributed by atoms with van der Waals surface area (Å²) in [5, 5.41) is 2.95. The van der Waals surface area contributed by atoms with Gasteiger partial charge in [-0.05, 0) is 73.9 Å². The highest BCUT2D eigenvalue weighted by Crippen LogP contribution is 2.22. The van der Waals surface area contributed by atoms with E-state index in [0.29, 0.717) is 18.7 Å². The third kappa shape index (κ3) is 5.43. The van der Waals surface area contributed by atoms with E-state index in [-0.39, 0.29) is 11.7 Å². The van der Waals surface area contributed by atoms with E-state index >= 15 is 0 Å². The van der Waals surface area contributed by atoms with Gasteiger partial charge in [0.2, 0.25) is 0 Å². The van der Waals surface area contributed by atoms with Gasteiger partial charge in [-0.1, -0.05) is 30.3 Å². The van der Waals surface area contributed by atoms with Crippen LogP contribution < -0.4 is 10.1 Å². The molecule has 0 aliphatic heterocycles. The molecule has 4 heteroatoms. The standard InChI is InChI=1S/C23H27NO3/c1-16(25)6-7-18-9-12-22(13-10-18)27-17(2)23(26)24-15-19-8-11-20-4-3-5-21(20)14-19/h8-14,17H,3-7,15H2,1-2H3,(H,24,26). The molecule has 0 fully saturated rings. The number of amides is 1. The van der Waals surface area contributed by atoms with Gasteiger partial charge in [0.25, 0.3) is 5.91 Å². The quantitative estimate of drug-likeness (QED) is 0.774. The van der Waals surface area contributed by atoms with E-state index < -0.39 is 6.10 Å². The Labute approximate surface area is 160 Å². The molecule has 1 amide bonds. The van der Waals surface area contributed by atoms with Crippen LogP contribution in [0.2, 0.25) is 0 Å². The summed E-state index contributed by atoms with van der Waals surface area (Å²) >= 11 is 0. The second-order valence-corrected chi connectivity index (χ2v) is 7.28. The highest BCUT2D eigenvalue weighted by molar-refractivity contribution is 5.80. The van der Waals surface area contributed by atoms with Gasteiger partial charge in [0.05, 0.1) is 0 Å². The van der Waals surface area contributed by atoms with Crippen molar-refractivity contribution in [1.82, 2.24) is 5.32 Å². The zero-order chi connectivity index (χ0) is 19.2. The zero-order valence-corrected chi connectivity index (χ0v) is 16.1. The van der Waals surface area contributed by atoms with E-state index in [1.807, 2.05) is 24.3 Å². The molecule has 0 aromatic heterocycles. The number of aryl methyl sites for hydroxylation is 3. The van der Waals surface area contributed by atoms with Crippen LogP contribution in [-0.2, 0) is 35.4 Å². The highest BCUT2D eigenvalue weighted by Gasteiger charge is 2.15. The van der Waals surface area contributed by atoms with Crippen LogP contribution in [0.4, 0.5) is 0 Å². The lowest BCUT2D eigenvalue weighted by molar-refractivity contribution is -0.127. The van der Waals surface area contributed by atoms with Crippen LogP contribution in [0, 0.1) is 0 Å². The van der Waals surface area contributed by atoms with Gasteiger partial charge in [0, 0.05) is 13.0 Å². The molecule has 1 unspecified atom stereocenters. The van der Waals surface area contributed by atoms with E-state index in [0.717, 1.165) is 24.0 Å². The number of carbonyl (C=O) groups is 2. The first-order chi connectivity index (χ1) is 13.0. The first kappa shape index (κ1) is 19.2. The number of rotatable bonds is 8. The second-order valence-electron chi connectivity index (χ2n) is 7.28. The maximum absolute atomic E-state index is 12.3. The van der Waals surface area contributed by atoms with Gasteiger partial charge in [-0.15, -0.1) is 0 Å². The van der Waals surface area contributed by atoms with Gasteiger partial charge in [-0.25, -0.2) is 0 Å². The second kappa shape index (κ2) is 8.85. The maximum atomic E-state index is 12.3. The minimum Gasteiger partial charge on any atom is -0.481 e. The molecule has 2 aromatic carbocycles.